The van der Waals surface area contributed by atoms with E-state index in [2.05, 4.69) is 12.6 Å². The van der Waals surface area contributed by atoms with E-state index in [-0.39, 0.29) is 5.78 Å². The zero-order valence-electron chi connectivity index (χ0n) is 8.23. The number of hydrogen-bond donors (Lipinski definition) is 1. The number of Topliss-reactive ketones (excluding diaryl/α,β-unsaturated/α-hetero) is 1. The zero-order chi connectivity index (χ0) is 10.8. The Morgan fingerprint density at radius 2 is 1.93 bits per heavy atom. The van der Waals surface area contributed by atoms with Crippen molar-refractivity contribution in [3.05, 3.63) is 42.2 Å². The van der Waals surface area contributed by atoms with Crippen molar-refractivity contribution in [3.8, 4) is 11.3 Å². The van der Waals surface area contributed by atoms with Gasteiger partial charge in [0.25, 0.3) is 0 Å². The first-order valence-electron chi connectivity index (χ1n) is 4.57. The molecule has 0 saturated carbocycles. The maximum absolute atomic E-state index is 11.1. The lowest BCUT2D eigenvalue weighted by Gasteiger charge is -1.99. The summed E-state index contributed by atoms with van der Waals surface area (Å²) in [6.07, 6.45) is 0. The summed E-state index contributed by atoms with van der Waals surface area (Å²) in [5.41, 5.74) is 0.897. The number of hydrogen-bond acceptors (Lipinski definition) is 3. The molecule has 1 aromatic carbocycles. The van der Waals surface area contributed by atoms with Crippen molar-refractivity contribution in [3.63, 3.8) is 0 Å². The van der Waals surface area contributed by atoms with E-state index >= 15 is 0 Å². The summed E-state index contributed by atoms with van der Waals surface area (Å²) in [6, 6.07) is 11.1. The van der Waals surface area contributed by atoms with Crippen LogP contribution < -0.4 is 0 Å². The first kappa shape index (κ1) is 10.1. The quantitative estimate of drug-likeness (QED) is 0.618. The van der Waals surface area contributed by atoms with Gasteiger partial charge in [-0.05, 0) is 18.2 Å². The van der Waals surface area contributed by atoms with Crippen LogP contribution in [0.5, 0.6) is 0 Å². The van der Waals surface area contributed by atoms with Crippen LogP contribution in [-0.4, -0.2) is 5.78 Å². The predicted molar refractivity (Wildman–Crippen MR) is 61.4 cm³/mol. The monoisotopic (exact) mass is 218 g/mol. The molecule has 2 rings (SSSR count). The van der Waals surface area contributed by atoms with Crippen molar-refractivity contribution in [2.75, 3.05) is 0 Å². The van der Waals surface area contributed by atoms with Crippen LogP contribution in [0.15, 0.2) is 45.7 Å². The number of furan rings is 1. The minimum atomic E-state index is -0.0714. The minimum absolute atomic E-state index is 0.0714. The topological polar surface area (TPSA) is 30.2 Å². The maximum atomic E-state index is 11.1. The van der Waals surface area contributed by atoms with Crippen LogP contribution in [0.4, 0.5) is 0 Å². The van der Waals surface area contributed by atoms with Crippen molar-refractivity contribution in [1.82, 2.24) is 0 Å². The van der Waals surface area contributed by atoms with Gasteiger partial charge in [0.05, 0.1) is 0 Å². The van der Waals surface area contributed by atoms with Gasteiger partial charge in [-0.1, -0.05) is 18.2 Å². The van der Waals surface area contributed by atoms with Crippen LogP contribution in [0.3, 0.4) is 0 Å². The van der Waals surface area contributed by atoms with Crippen molar-refractivity contribution < 1.29 is 9.21 Å². The SMILES string of the molecule is CC(=O)c1ccc(-c2ccccc2S)o1. The van der Waals surface area contributed by atoms with E-state index in [9.17, 15) is 4.79 Å². The van der Waals surface area contributed by atoms with E-state index in [1.807, 2.05) is 24.3 Å². The van der Waals surface area contributed by atoms with Crippen molar-refractivity contribution in [1.29, 1.82) is 0 Å². The van der Waals surface area contributed by atoms with Crippen LogP contribution in [0, 0.1) is 0 Å². The molecule has 0 aliphatic rings. The second-order valence-electron chi connectivity index (χ2n) is 3.24. The molecule has 0 amide bonds. The molecule has 0 aliphatic carbocycles. The molecule has 3 heteroatoms. The summed E-state index contributed by atoms with van der Waals surface area (Å²) in [4.78, 5) is 11.9. The minimum Gasteiger partial charge on any atom is -0.453 e. The summed E-state index contributed by atoms with van der Waals surface area (Å²) in [6.45, 7) is 1.48. The molecule has 0 atom stereocenters. The molecule has 0 bridgehead atoms. The summed E-state index contributed by atoms with van der Waals surface area (Å²) < 4.78 is 5.41. The Hall–Kier alpha value is -1.48. The summed E-state index contributed by atoms with van der Waals surface area (Å²) >= 11 is 4.33. The molecule has 0 spiro atoms. The van der Waals surface area contributed by atoms with Gasteiger partial charge in [-0.3, -0.25) is 4.79 Å². The Labute approximate surface area is 93.3 Å². The second-order valence-corrected chi connectivity index (χ2v) is 3.72. The molecule has 2 nitrogen and oxygen atoms in total. The Balaban J connectivity index is 2.46. The van der Waals surface area contributed by atoms with Gasteiger partial charge in [0.15, 0.2) is 11.5 Å². The van der Waals surface area contributed by atoms with Crippen molar-refractivity contribution in [2.24, 2.45) is 0 Å². The molecular weight excluding hydrogens is 208 g/mol. The van der Waals surface area contributed by atoms with Crippen LogP contribution in [-0.2, 0) is 0 Å². The number of ketones is 1. The van der Waals surface area contributed by atoms with E-state index in [1.54, 1.807) is 12.1 Å². The number of thiol groups is 1. The lowest BCUT2D eigenvalue weighted by Crippen LogP contribution is -1.86. The average molecular weight is 218 g/mol. The second kappa shape index (κ2) is 3.95. The van der Waals surface area contributed by atoms with Gasteiger partial charge >= 0.3 is 0 Å². The first-order chi connectivity index (χ1) is 7.18. The molecule has 0 N–H and O–H groups in total. The number of carbonyl (C=O) groups excluding carboxylic acids is 1. The van der Waals surface area contributed by atoms with Gasteiger partial charge in [0.1, 0.15) is 5.76 Å². The Kier molecular flexibility index (Phi) is 2.64. The molecule has 15 heavy (non-hydrogen) atoms. The van der Waals surface area contributed by atoms with Crippen molar-refractivity contribution in [2.45, 2.75) is 11.8 Å². The summed E-state index contributed by atoms with van der Waals surface area (Å²) in [7, 11) is 0. The summed E-state index contributed by atoms with van der Waals surface area (Å²) in [5.74, 6) is 0.977. The van der Waals surface area contributed by atoms with Gasteiger partial charge in [-0.2, -0.15) is 0 Å². The third-order valence-corrected chi connectivity index (χ3v) is 2.51. The average Bonchev–Trinajstić information content (AvgIpc) is 2.67. The largest absolute Gasteiger partial charge is 0.453 e. The molecular formula is C12H10O2S. The first-order valence-corrected chi connectivity index (χ1v) is 5.02. The highest BCUT2D eigenvalue weighted by Gasteiger charge is 2.09. The molecule has 2 aromatic rings. The van der Waals surface area contributed by atoms with Gasteiger partial charge in [0, 0.05) is 17.4 Å². The molecule has 76 valence electrons. The Morgan fingerprint density at radius 3 is 2.53 bits per heavy atom. The summed E-state index contributed by atoms with van der Waals surface area (Å²) in [5, 5.41) is 0. The molecule has 1 aromatic heterocycles. The maximum Gasteiger partial charge on any atom is 0.194 e. The molecule has 0 radical (unpaired) electrons. The van der Waals surface area contributed by atoms with E-state index in [1.165, 1.54) is 6.92 Å². The standard InChI is InChI=1S/C12H10O2S/c1-8(13)10-6-7-11(14-10)9-4-2-3-5-12(9)15/h2-7,15H,1H3. The highest BCUT2D eigenvalue weighted by Crippen LogP contribution is 2.27. The third kappa shape index (κ3) is 1.97. The van der Waals surface area contributed by atoms with Crippen LogP contribution in [0.1, 0.15) is 17.5 Å². The van der Waals surface area contributed by atoms with E-state index in [0.29, 0.717) is 11.5 Å². The molecule has 1 heterocycles. The molecule has 0 saturated heterocycles. The fourth-order valence-corrected chi connectivity index (χ4v) is 1.62. The van der Waals surface area contributed by atoms with E-state index < -0.39 is 0 Å². The molecule has 0 fully saturated rings. The Morgan fingerprint density at radius 1 is 1.20 bits per heavy atom. The zero-order valence-corrected chi connectivity index (χ0v) is 9.12. The van der Waals surface area contributed by atoms with Gasteiger partial charge < -0.3 is 4.42 Å². The highest BCUT2D eigenvalue weighted by molar-refractivity contribution is 7.80. The lowest BCUT2D eigenvalue weighted by atomic mass is 10.2. The molecule has 0 aliphatic heterocycles. The van der Waals surface area contributed by atoms with Crippen molar-refractivity contribution >= 4 is 18.4 Å². The Bertz CT molecular complexity index is 500. The lowest BCUT2D eigenvalue weighted by molar-refractivity contribution is 0.0988. The van der Waals surface area contributed by atoms with Gasteiger partial charge in [0.2, 0.25) is 0 Å². The molecule has 0 unspecified atom stereocenters. The number of carbonyl (C=O) groups is 1. The van der Waals surface area contributed by atoms with E-state index in [0.717, 1.165) is 10.5 Å². The third-order valence-electron chi connectivity index (χ3n) is 2.12. The number of rotatable bonds is 2. The fraction of sp³-hybridized carbons (Fsp3) is 0.0833. The van der Waals surface area contributed by atoms with Gasteiger partial charge in [-0.25, -0.2) is 0 Å². The van der Waals surface area contributed by atoms with Crippen LogP contribution >= 0.6 is 12.6 Å². The highest BCUT2D eigenvalue weighted by atomic mass is 32.1. The smallest absolute Gasteiger partial charge is 0.194 e. The fourth-order valence-electron chi connectivity index (χ4n) is 1.35. The van der Waals surface area contributed by atoms with Crippen LogP contribution in [0.25, 0.3) is 11.3 Å². The van der Waals surface area contributed by atoms with E-state index in [4.69, 9.17) is 4.42 Å². The normalized spacial score (nSPS) is 10.3. The van der Waals surface area contributed by atoms with Crippen LogP contribution in [0.2, 0.25) is 0 Å². The number of benzene rings is 1. The van der Waals surface area contributed by atoms with Gasteiger partial charge in [-0.15, -0.1) is 12.6 Å². The predicted octanol–water partition coefficient (Wildman–Crippen LogP) is 3.44.